The van der Waals surface area contributed by atoms with E-state index in [0.29, 0.717) is 35.8 Å². The van der Waals surface area contributed by atoms with Crippen molar-refractivity contribution in [2.75, 3.05) is 31.1 Å². The van der Waals surface area contributed by atoms with E-state index < -0.39 is 24.3 Å². The van der Waals surface area contributed by atoms with Gasteiger partial charge in [0.05, 0.1) is 11.1 Å². The fraction of sp³-hybridized carbons (Fsp3) is 0.333. The number of fused-ring (bicyclic) bond motifs is 1. The first kappa shape index (κ1) is 20.8. The van der Waals surface area contributed by atoms with Crippen molar-refractivity contribution < 1.29 is 19.2 Å². The zero-order valence-corrected chi connectivity index (χ0v) is 17.5. The molecule has 0 aliphatic carbocycles. The van der Waals surface area contributed by atoms with Gasteiger partial charge in [-0.3, -0.25) is 24.1 Å². The first-order chi connectivity index (χ1) is 15.0. The van der Waals surface area contributed by atoms with E-state index in [2.05, 4.69) is 6.92 Å². The van der Waals surface area contributed by atoms with Gasteiger partial charge in [0.1, 0.15) is 13.1 Å². The maximum absolute atomic E-state index is 13.2. The number of anilines is 1. The lowest BCUT2D eigenvalue weighted by molar-refractivity contribution is -0.132. The van der Waals surface area contributed by atoms with Crippen molar-refractivity contribution in [1.82, 2.24) is 9.80 Å². The number of carbonyl (C=O) groups is 4. The van der Waals surface area contributed by atoms with Crippen LogP contribution in [0, 0.1) is 5.92 Å². The molecule has 0 aromatic heterocycles. The second kappa shape index (κ2) is 8.71. The Morgan fingerprint density at radius 1 is 0.968 bits per heavy atom. The van der Waals surface area contributed by atoms with Gasteiger partial charge in [-0.15, -0.1) is 0 Å². The number of para-hydroxylation sites is 1. The third kappa shape index (κ3) is 4.21. The summed E-state index contributed by atoms with van der Waals surface area (Å²) in [6, 6.07) is 15.4. The molecule has 0 spiro atoms. The molecule has 1 fully saturated rings. The van der Waals surface area contributed by atoms with E-state index in [1.165, 1.54) is 4.90 Å². The number of piperidine rings is 1. The smallest absolute Gasteiger partial charge is 0.262 e. The Morgan fingerprint density at radius 3 is 2.19 bits per heavy atom. The van der Waals surface area contributed by atoms with Crippen molar-refractivity contribution in [3.8, 4) is 0 Å². The minimum Gasteiger partial charge on any atom is -0.341 e. The van der Waals surface area contributed by atoms with Gasteiger partial charge in [-0.1, -0.05) is 37.3 Å². The molecule has 7 nitrogen and oxygen atoms in total. The SMILES string of the molecule is CC1CCCN(C(=O)CN(C(=O)CN2C(=O)c3ccccc3C2=O)c2ccccc2)C1. The highest BCUT2D eigenvalue weighted by atomic mass is 16.2. The molecule has 0 bridgehead atoms. The Hall–Kier alpha value is -3.48. The third-order valence-electron chi connectivity index (χ3n) is 5.84. The molecule has 31 heavy (non-hydrogen) atoms. The summed E-state index contributed by atoms with van der Waals surface area (Å²) in [6.07, 6.45) is 2.03. The summed E-state index contributed by atoms with van der Waals surface area (Å²) in [5, 5.41) is 0. The van der Waals surface area contributed by atoms with Crippen molar-refractivity contribution in [1.29, 1.82) is 0 Å². The number of nitrogens with zero attached hydrogens (tertiary/aromatic N) is 3. The number of imide groups is 1. The lowest BCUT2D eigenvalue weighted by Crippen LogP contribution is -2.49. The predicted molar refractivity (Wildman–Crippen MR) is 116 cm³/mol. The molecule has 2 aromatic rings. The number of likely N-dealkylation sites (tertiary alicyclic amines) is 1. The molecular weight excluding hydrogens is 394 g/mol. The quantitative estimate of drug-likeness (QED) is 0.698. The Bertz CT molecular complexity index is 985. The summed E-state index contributed by atoms with van der Waals surface area (Å²) in [5.74, 6) is -1.15. The minimum absolute atomic E-state index is 0.126. The highest BCUT2D eigenvalue weighted by Gasteiger charge is 2.37. The molecule has 1 saturated heterocycles. The van der Waals surface area contributed by atoms with Crippen molar-refractivity contribution >= 4 is 29.3 Å². The number of hydrogen-bond donors (Lipinski definition) is 0. The van der Waals surface area contributed by atoms with Crippen LogP contribution in [0.2, 0.25) is 0 Å². The number of amides is 4. The van der Waals surface area contributed by atoms with Crippen LogP contribution in [0.4, 0.5) is 5.69 Å². The second-order valence-electron chi connectivity index (χ2n) is 8.14. The lowest BCUT2D eigenvalue weighted by Gasteiger charge is -2.33. The Labute approximate surface area is 181 Å². The summed E-state index contributed by atoms with van der Waals surface area (Å²) in [4.78, 5) is 55.6. The van der Waals surface area contributed by atoms with Gasteiger partial charge in [0.2, 0.25) is 11.8 Å². The van der Waals surface area contributed by atoms with Crippen molar-refractivity contribution in [3.05, 3.63) is 65.7 Å². The van der Waals surface area contributed by atoms with E-state index in [-0.39, 0.29) is 12.5 Å². The number of rotatable bonds is 5. The largest absolute Gasteiger partial charge is 0.341 e. The topological polar surface area (TPSA) is 78.0 Å². The third-order valence-corrected chi connectivity index (χ3v) is 5.84. The van der Waals surface area contributed by atoms with Crippen LogP contribution in [0.25, 0.3) is 0 Å². The summed E-state index contributed by atoms with van der Waals surface area (Å²) in [6.45, 7) is 2.93. The van der Waals surface area contributed by atoms with Crippen LogP contribution in [0.5, 0.6) is 0 Å². The Balaban J connectivity index is 1.53. The molecule has 0 radical (unpaired) electrons. The normalized spacial score (nSPS) is 18.2. The van der Waals surface area contributed by atoms with Gasteiger partial charge in [0, 0.05) is 18.8 Å². The van der Waals surface area contributed by atoms with Crippen LogP contribution in [-0.4, -0.2) is 59.6 Å². The van der Waals surface area contributed by atoms with Crippen molar-refractivity contribution in [3.63, 3.8) is 0 Å². The molecule has 0 N–H and O–H groups in total. The van der Waals surface area contributed by atoms with Gasteiger partial charge in [0.25, 0.3) is 11.8 Å². The zero-order valence-electron chi connectivity index (χ0n) is 17.5. The van der Waals surface area contributed by atoms with Crippen molar-refractivity contribution in [2.45, 2.75) is 19.8 Å². The van der Waals surface area contributed by atoms with Gasteiger partial charge in [0.15, 0.2) is 0 Å². The van der Waals surface area contributed by atoms with E-state index >= 15 is 0 Å². The van der Waals surface area contributed by atoms with Gasteiger partial charge < -0.3 is 9.80 Å². The van der Waals surface area contributed by atoms with Crippen LogP contribution < -0.4 is 4.90 Å². The van der Waals surface area contributed by atoms with Crippen LogP contribution in [-0.2, 0) is 9.59 Å². The fourth-order valence-electron chi connectivity index (χ4n) is 4.19. The number of hydrogen-bond acceptors (Lipinski definition) is 4. The van der Waals surface area contributed by atoms with E-state index in [1.807, 2.05) is 6.07 Å². The van der Waals surface area contributed by atoms with E-state index in [4.69, 9.17) is 0 Å². The molecule has 160 valence electrons. The van der Waals surface area contributed by atoms with Gasteiger partial charge in [-0.2, -0.15) is 0 Å². The molecule has 0 saturated carbocycles. The maximum Gasteiger partial charge on any atom is 0.262 e. The number of benzene rings is 2. The first-order valence-electron chi connectivity index (χ1n) is 10.5. The average molecular weight is 419 g/mol. The minimum atomic E-state index is -0.488. The highest BCUT2D eigenvalue weighted by molar-refractivity contribution is 6.22. The molecule has 2 aromatic carbocycles. The molecule has 1 unspecified atom stereocenters. The monoisotopic (exact) mass is 419 g/mol. The van der Waals surface area contributed by atoms with E-state index in [0.717, 1.165) is 17.7 Å². The molecule has 2 heterocycles. The Morgan fingerprint density at radius 2 is 1.58 bits per heavy atom. The summed E-state index contributed by atoms with van der Waals surface area (Å²) in [5.41, 5.74) is 1.15. The summed E-state index contributed by atoms with van der Waals surface area (Å²) < 4.78 is 0. The van der Waals surface area contributed by atoms with Crippen LogP contribution in [0.3, 0.4) is 0 Å². The Kier molecular flexibility index (Phi) is 5.84. The van der Waals surface area contributed by atoms with E-state index in [1.54, 1.807) is 53.4 Å². The number of carbonyl (C=O) groups excluding carboxylic acids is 4. The zero-order chi connectivity index (χ0) is 22.0. The van der Waals surface area contributed by atoms with Gasteiger partial charge in [-0.05, 0) is 43.0 Å². The summed E-state index contributed by atoms with van der Waals surface area (Å²) in [7, 11) is 0. The van der Waals surface area contributed by atoms with Crippen LogP contribution in [0.1, 0.15) is 40.5 Å². The van der Waals surface area contributed by atoms with E-state index in [9.17, 15) is 19.2 Å². The maximum atomic E-state index is 13.2. The highest BCUT2D eigenvalue weighted by Crippen LogP contribution is 2.23. The molecule has 4 amide bonds. The summed E-state index contributed by atoms with van der Waals surface area (Å²) >= 11 is 0. The molecule has 1 atom stereocenters. The second-order valence-corrected chi connectivity index (χ2v) is 8.14. The van der Waals surface area contributed by atoms with Crippen molar-refractivity contribution in [2.24, 2.45) is 5.92 Å². The fourth-order valence-corrected chi connectivity index (χ4v) is 4.19. The van der Waals surface area contributed by atoms with Crippen LogP contribution >= 0.6 is 0 Å². The van der Waals surface area contributed by atoms with Gasteiger partial charge >= 0.3 is 0 Å². The molecule has 2 aliphatic heterocycles. The van der Waals surface area contributed by atoms with Crippen LogP contribution in [0.15, 0.2) is 54.6 Å². The lowest BCUT2D eigenvalue weighted by atomic mass is 10.0. The first-order valence-corrected chi connectivity index (χ1v) is 10.5. The average Bonchev–Trinajstić information content (AvgIpc) is 3.03. The molecule has 4 rings (SSSR count). The molecule has 7 heteroatoms. The molecule has 2 aliphatic rings. The van der Waals surface area contributed by atoms with Gasteiger partial charge in [-0.25, -0.2) is 0 Å². The predicted octanol–water partition coefficient (Wildman–Crippen LogP) is 2.57. The molecular formula is C24H25N3O4. The standard InChI is InChI=1S/C24H25N3O4/c1-17-8-7-13-25(14-17)21(28)15-26(18-9-3-2-4-10-18)22(29)16-27-23(30)19-11-5-6-12-20(19)24(27)31/h2-6,9-12,17H,7-8,13-16H2,1H3.